The van der Waals surface area contributed by atoms with Crippen LogP contribution in [0.1, 0.15) is 13.8 Å². The molecule has 0 aromatic rings. The summed E-state index contributed by atoms with van der Waals surface area (Å²) < 4.78 is 5.87. The number of ether oxygens (including phenoxy) is 1. The van der Waals surface area contributed by atoms with Crippen LogP contribution >= 0.6 is 0 Å². The fourth-order valence-electron chi connectivity index (χ4n) is 3.12. The van der Waals surface area contributed by atoms with Crippen LogP contribution in [0.15, 0.2) is 0 Å². The predicted molar refractivity (Wildman–Crippen MR) is 70.3 cm³/mol. The number of likely N-dealkylation sites (tertiary alicyclic amines) is 1. The molecule has 2 heterocycles. The van der Waals surface area contributed by atoms with Crippen molar-refractivity contribution in [1.29, 1.82) is 0 Å². The normalized spacial score (nSPS) is 37.6. The Morgan fingerprint density at radius 3 is 2.65 bits per heavy atom. The lowest BCUT2D eigenvalue weighted by Crippen LogP contribution is -2.50. The molecule has 4 nitrogen and oxygen atoms in total. The smallest absolute Gasteiger partial charge is 0.0852 e. The van der Waals surface area contributed by atoms with Gasteiger partial charge in [0.05, 0.1) is 12.7 Å². The van der Waals surface area contributed by atoms with E-state index in [1.807, 2.05) is 0 Å². The van der Waals surface area contributed by atoms with Crippen LogP contribution in [0.3, 0.4) is 0 Å². The van der Waals surface area contributed by atoms with Crippen LogP contribution in [0.4, 0.5) is 0 Å². The molecular weight excluding hydrogens is 214 g/mol. The van der Waals surface area contributed by atoms with Crippen molar-refractivity contribution in [2.24, 2.45) is 5.92 Å². The van der Waals surface area contributed by atoms with Crippen molar-refractivity contribution < 1.29 is 4.74 Å². The van der Waals surface area contributed by atoms with Crippen molar-refractivity contribution in [1.82, 2.24) is 15.1 Å². The molecule has 2 aliphatic rings. The molecule has 0 aromatic carbocycles. The average Bonchev–Trinajstić information content (AvgIpc) is 2.71. The van der Waals surface area contributed by atoms with Crippen LogP contribution in [-0.4, -0.2) is 74.9 Å². The van der Waals surface area contributed by atoms with E-state index in [2.05, 4.69) is 43.1 Å². The van der Waals surface area contributed by atoms with E-state index in [1.54, 1.807) is 0 Å². The first kappa shape index (κ1) is 13.3. The van der Waals surface area contributed by atoms with E-state index in [-0.39, 0.29) is 0 Å². The molecule has 1 N–H and O–H groups in total. The van der Waals surface area contributed by atoms with Gasteiger partial charge in [-0.15, -0.1) is 0 Å². The number of nitrogens with one attached hydrogen (secondary N) is 1. The standard InChI is InChI=1S/C13H27N3O/c1-10-8-16(9-12(10)15(3)4)11(2)13-7-14-5-6-17-13/h10-14H,5-9H2,1-4H3. The lowest BCUT2D eigenvalue weighted by molar-refractivity contribution is -0.0220. The Morgan fingerprint density at radius 2 is 2.12 bits per heavy atom. The summed E-state index contributed by atoms with van der Waals surface area (Å²) in [6.07, 6.45) is 0.358. The Morgan fingerprint density at radius 1 is 1.35 bits per heavy atom. The largest absolute Gasteiger partial charge is 0.374 e. The molecule has 0 radical (unpaired) electrons. The molecule has 4 unspecified atom stereocenters. The highest BCUT2D eigenvalue weighted by atomic mass is 16.5. The predicted octanol–water partition coefficient (Wildman–Crippen LogP) is 0.245. The molecule has 0 aromatic heterocycles. The van der Waals surface area contributed by atoms with Crippen LogP contribution in [0.25, 0.3) is 0 Å². The van der Waals surface area contributed by atoms with Gasteiger partial charge in [-0.25, -0.2) is 0 Å². The Kier molecular flexibility index (Phi) is 4.42. The minimum absolute atomic E-state index is 0.358. The minimum Gasteiger partial charge on any atom is -0.374 e. The molecule has 17 heavy (non-hydrogen) atoms. The highest BCUT2D eigenvalue weighted by Gasteiger charge is 2.36. The zero-order chi connectivity index (χ0) is 12.4. The first-order chi connectivity index (χ1) is 8.09. The molecule has 0 spiro atoms. The van der Waals surface area contributed by atoms with Crippen molar-refractivity contribution in [3.63, 3.8) is 0 Å². The minimum atomic E-state index is 0.358. The van der Waals surface area contributed by atoms with Gasteiger partial charge in [-0.05, 0) is 26.9 Å². The van der Waals surface area contributed by atoms with E-state index in [0.717, 1.165) is 25.6 Å². The number of hydrogen-bond donors (Lipinski definition) is 1. The van der Waals surface area contributed by atoms with E-state index >= 15 is 0 Å². The summed E-state index contributed by atoms with van der Waals surface area (Å²) >= 11 is 0. The van der Waals surface area contributed by atoms with E-state index < -0.39 is 0 Å². The molecule has 4 atom stereocenters. The van der Waals surface area contributed by atoms with Crippen LogP contribution < -0.4 is 5.32 Å². The highest BCUT2D eigenvalue weighted by Crippen LogP contribution is 2.23. The molecule has 2 saturated heterocycles. The number of rotatable bonds is 3. The maximum absolute atomic E-state index is 5.87. The Balaban J connectivity index is 1.90. The van der Waals surface area contributed by atoms with Gasteiger partial charge in [0.15, 0.2) is 0 Å². The molecular formula is C13H27N3O. The molecule has 0 bridgehead atoms. The molecule has 2 fully saturated rings. The summed E-state index contributed by atoms with van der Waals surface area (Å²) in [6.45, 7) is 9.90. The van der Waals surface area contributed by atoms with Crippen molar-refractivity contribution in [3.05, 3.63) is 0 Å². The maximum atomic E-state index is 5.87. The van der Waals surface area contributed by atoms with Gasteiger partial charge < -0.3 is 15.0 Å². The van der Waals surface area contributed by atoms with Crippen molar-refractivity contribution >= 4 is 0 Å². The second-order valence-electron chi connectivity index (χ2n) is 5.82. The fourth-order valence-corrected chi connectivity index (χ4v) is 3.12. The lowest BCUT2D eigenvalue weighted by atomic mass is 10.1. The maximum Gasteiger partial charge on any atom is 0.0852 e. The lowest BCUT2D eigenvalue weighted by Gasteiger charge is -2.34. The number of nitrogens with zero attached hydrogens (tertiary/aromatic N) is 2. The summed E-state index contributed by atoms with van der Waals surface area (Å²) in [7, 11) is 4.38. The van der Waals surface area contributed by atoms with Gasteiger partial charge in [0.25, 0.3) is 0 Å². The van der Waals surface area contributed by atoms with Gasteiger partial charge in [0.2, 0.25) is 0 Å². The summed E-state index contributed by atoms with van der Waals surface area (Å²) in [6, 6.07) is 1.21. The van der Waals surface area contributed by atoms with E-state index in [1.165, 1.54) is 13.1 Å². The van der Waals surface area contributed by atoms with Crippen LogP contribution in [0.5, 0.6) is 0 Å². The van der Waals surface area contributed by atoms with Crippen molar-refractivity contribution in [2.75, 3.05) is 46.9 Å². The summed E-state index contributed by atoms with van der Waals surface area (Å²) in [5.41, 5.74) is 0. The molecule has 0 aliphatic carbocycles. The van der Waals surface area contributed by atoms with Gasteiger partial charge in [-0.2, -0.15) is 0 Å². The molecule has 0 amide bonds. The third kappa shape index (κ3) is 2.99. The van der Waals surface area contributed by atoms with Gasteiger partial charge >= 0.3 is 0 Å². The second-order valence-corrected chi connectivity index (χ2v) is 5.82. The first-order valence-corrected chi connectivity index (χ1v) is 6.82. The molecule has 0 saturated carbocycles. The monoisotopic (exact) mass is 241 g/mol. The van der Waals surface area contributed by atoms with Crippen molar-refractivity contribution in [2.45, 2.75) is 32.0 Å². The average molecular weight is 241 g/mol. The van der Waals surface area contributed by atoms with Crippen LogP contribution in [0, 0.1) is 5.92 Å². The summed E-state index contributed by atoms with van der Waals surface area (Å²) in [4.78, 5) is 4.95. The van der Waals surface area contributed by atoms with E-state index in [4.69, 9.17) is 4.74 Å². The SMILES string of the molecule is CC1CN(C(C)C2CNCCO2)CC1N(C)C. The Bertz CT molecular complexity index is 241. The quantitative estimate of drug-likeness (QED) is 0.766. The van der Waals surface area contributed by atoms with E-state index in [0.29, 0.717) is 18.2 Å². The molecule has 2 aliphatic heterocycles. The number of hydrogen-bond acceptors (Lipinski definition) is 4. The third-order valence-electron chi connectivity index (χ3n) is 4.33. The summed E-state index contributed by atoms with van der Waals surface area (Å²) in [5.74, 6) is 0.754. The summed E-state index contributed by atoms with van der Waals surface area (Å²) in [5, 5.41) is 3.42. The molecule has 4 heteroatoms. The van der Waals surface area contributed by atoms with Crippen molar-refractivity contribution in [3.8, 4) is 0 Å². The molecule has 100 valence electrons. The van der Waals surface area contributed by atoms with Gasteiger partial charge in [-0.3, -0.25) is 4.90 Å². The van der Waals surface area contributed by atoms with Crippen LogP contribution in [-0.2, 0) is 4.74 Å². The zero-order valence-electron chi connectivity index (χ0n) is 11.6. The van der Waals surface area contributed by atoms with Crippen LogP contribution in [0.2, 0.25) is 0 Å². The molecule has 2 rings (SSSR count). The highest BCUT2D eigenvalue weighted by molar-refractivity contribution is 4.92. The zero-order valence-corrected chi connectivity index (χ0v) is 11.6. The second kappa shape index (κ2) is 5.65. The Labute approximate surface area is 105 Å². The Hall–Kier alpha value is -0.160. The topological polar surface area (TPSA) is 27.7 Å². The fraction of sp³-hybridized carbons (Fsp3) is 1.00. The van der Waals surface area contributed by atoms with Gasteiger partial charge in [-0.1, -0.05) is 6.92 Å². The van der Waals surface area contributed by atoms with E-state index in [9.17, 15) is 0 Å². The first-order valence-electron chi connectivity index (χ1n) is 6.82. The van der Waals surface area contributed by atoms with Gasteiger partial charge in [0, 0.05) is 38.3 Å². The number of morpholine rings is 1. The van der Waals surface area contributed by atoms with Gasteiger partial charge in [0.1, 0.15) is 0 Å². The third-order valence-corrected chi connectivity index (χ3v) is 4.33. The number of likely N-dealkylation sites (N-methyl/N-ethyl adjacent to an activating group) is 1.